The Hall–Kier alpha value is -0.580. The van der Waals surface area contributed by atoms with Gasteiger partial charge < -0.3 is 10.4 Å². The van der Waals surface area contributed by atoms with Crippen LogP contribution in [-0.2, 0) is 0 Å². The molecule has 2 N–H and O–H groups in total. The molecular weight excluding hydrogens is 293 g/mol. The minimum atomic E-state index is -0.602. The molecule has 0 fully saturated rings. The maximum absolute atomic E-state index is 11.2. The van der Waals surface area contributed by atoms with E-state index in [0.29, 0.717) is 12.1 Å². The van der Waals surface area contributed by atoms with Gasteiger partial charge in [-0.05, 0) is 35.0 Å². The van der Waals surface area contributed by atoms with E-state index in [1.165, 1.54) is 6.92 Å². The largest absolute Gasteiger partial charge is 0.390 e. The molecule has 1 atom stereocenters. The van der Waals surface area contributed by atoms with Crippen LogP contribution >= 0.6 is 27.5 Å². The summed E-state index contributed by atoms with van der Waals surface area (Å²) in [7, 11) is 0. The van der Waals surface area contributed by atoms with Crippen LogP contribution in [0.3, 0.4) is 0 Å². The number of aliphatic hydroxyl groups excluding tert-OH is 1. The van der Waals surface area contributed by atoms with Crippen molar-refractivity contribution in [3.8, 4) is 0 Å². The number of ketones is 1. The number of carbonyl (C=O) groups is 1. The van der Waals surface area contributed by atoms with Crippen LogP contribution in [-0.4, -0.2) is 29.4 Å². The highest BCUT2D eigenvalue weighted by molar-refractivity contribution is 9.10. The van der Waals surface area contributed by atoms with Gasteiger partial charge in [-0.3, -0.25) is 4.79 Å². The van der Waals surface area contributed by atoms with Crippen LogP contribution in [0, 0.1) is 0 Å². The maximum Gasteiger partial charge on any atom is 0.159 e. The summed E-state index contributed by atoms with van der Waals surface area (Å²) in [6.07, 6.45) is -0.602. The number of Topliss-reactive ketones (excluding diaryl/α,β-unsaturated/α-hetero) is 1. The Morgan fingerprint density at radius 3 is 2.88 bits per heavy atom. The number of hydrogen-bond acceptors (Lipinski definition) is 3. The second-order valence-electron chi connectivity index (χ2n) is 3.44. The molecule has 0 saturated carbocycles. The molecule has 0 amide bonds. The van der Waals surface area contributed by atoms with Gasteiger partial charge in [0.1, 0.15) is 0 Å². The monoisotopic (exact) mass is 305 g/mol. The Kier molecular flexibility index (Phi) is 5.25. The van der Waals surface area contributed by atoms with E-state index in [1.807, 2.05) is 0 Å². The van der Waals surface area contributed by atoms with Crippen LogP contribution < -0.4 is 5.32 Å². The molecule has 1 rings (SSSR count). The van der Waals surface area contributed by atoms with E-state index in [4.69, 9.17) is 11.6 Å². The minimum absolute atomic E-state index is 0.00782. The fourth-order valence-electron chi connectivity index (χ4n) is 1.16. The molecule has 1 aromatic carbocycles. The van der Waals surface area contributed by atoms with Crippen molar-refractivity contribution in [1.82, 2.24) is 0 Å². The third kappa shape index (κ3) is 3.77. The van der Waals surface area contributed by atoms with Crippen molar-refractivity contribution in [3.05, 3.63) is 28.2 Å². The quantitative estimate of drug-likeness (QED) is 0.649. The lowest BCUT2D eigenvalue weighted by Crippen LogP contribution is -2.21. The van der Waals surface area contributed by atoms with Gasteiger partial charge in [-0.25, -0.2) is 0 Å². The summed E-state index contributed by atoms with van der Waals surface area (Å²) in [6, 6.07) is 5.29. The number of nitrogens with one attached hydrogen (secondary N) is 1. The fraction of sp³-hybridized carbons (Fsp3) is 0.364. The van der Waals surface area contributed by atoms with Gasteiger partial charge in [-0.2, -0.15) is 0 Å². The molecule has 0 heterocycles. The number of anilines is 1. The van der Waals surface area contributed by atoms with Crippen molar-refractivity contribution in [1.29, 1.82) is 0 Å². The van der Waals surface area contributed by atoms with E-state index in [0.717, 1.165) is 10.2 Å². The van der Waals surface area contributed by atoms with Crippen LogP contribution in [0.1, 0.15) is 17.3 Å². The van der Waals surface area contributed by atoms with Gasteiger partial charge in [0.15, 0.2) is 5.78 Å². The first-order chi connectivity index (χ1) is 7.54. The Labute approximate surface area is 108 Å². The van der Waals surface area contributed by atoms with Crippen molar-refractivity contribution in [2.24, 2.45) is 0 Å². The van der Waals surface area contributed by atoms with Crippen LogP contribution in [0.4, 0.5) is 5.69 Å². The Bertz CT molecular complexity index is 384. The summed E-state index contributed by atoms with van der Waals surface area (Å²) in [4.78, 5) is 11.2. The van der Waals surface area contributed by atoms with E-state index in [-0.39, 0.29) is 11.7 Å². The van der Waals surface area contributed by atoms with E-state index in [2.05, 4.69) is 21.2 Å². The van der Waals surface area contributed by atoms with E-state index < -0.39 is 6.10 Å². The molecule has 0 saturated heterocycles. The molecule has 5 heteroatoms. The lowest BCUT2D eigenvalue weighted by atomic mass is 10.1. The van der Waals surface area contributed by atoms with Gasteiger partial charge in [0.05, 0.1) is 12.0 Å². The smallest absolute Gasteiger partial charge is 0.159 e. The topological polar surface area (TPSA) is 49.3 Å². The molecule has 3 nitrogen and oxygen atoms in total. The highest BCUT2D eigenvalue weighted by Crippen LogP contribution is 2.23. The first-order valence-electron chi connectivity index (χ1n) is 4.83. The molecule has 1 aromatic rings. The molecule has 0 aromatic heterocycles. The highest BCUT2D eigenvalue weighted by Gasteiger charge is 2.06. The molecule has 0 aliphatic rings. The van der Waals surface area contributed by atoms with Crippen LogP contribution in [0.5, 0.6) is 0 Å². The summed E-state index contributed by atoms with van der Waals surface area (Å²) >= 11 is 8.85. The zero-order valence-corrected chi connectivity index (χ0v) is 11.2. The van der Waals surface area contributed by atoms with Gasteiger partial charge in [0, 0.05) is 22.3 Å². The summed E-state index contributed by atoms with van der Waals surface area (Å²) in [5.41, 5.74) is 1.41. The minimum Gasteiger partial charge on any atom is -0.390 e. The molecule has 0 aliphatic heterocycles. The third-order valence-electron chi connectivity index (χ3n) is 2.08. The number of rotatable bonds is 5. The van der Waals surface area contributed by atoms with Gasteiger partial charge >= 0.3 is 0 Å². The number of carbonyl (C=O) groups excluding carboxylic acids is 1. The van der Waals surface area contributed by atoms with Crippen LogP contribution in [0.2, 0.25) is 0 Å². The molecule has 0 radical (unpaired) electrons. The molecule has 1 unspecified atom stereocenters. The summed E-state index contributed by atoms with van der Waals surface area (Å²) in [5.74, 6) is 0.185. The summed E-state index contributed by atoms with van der Waals surface area (Å²) in [6.45, 7) is 1.87. The average molecular weight is 307 g/mol. The molecule has 0 aliphatic carbocycles. The number of aliphatic hydroxyl groups is 1. The van der Waals surface area contributed by atoms with Crippen LogP contribution in [0.25, 0.3) is 0 Å². The van der Waals surface area contributed by atoms with Crippen molar-refractivity contribution >= 4 is 39.0 Å². The van der Waals surface area contributed by atoms with Gasteiger partial charge in [0.2, 0.25) is 0 Å². The normalized spacial score (nSPS) is 12.2. The number of halogens is 2. The van der Waals surface area contributed by atoms with Gasteiger partial charge in [-0.15, -0.1) is 11.6 Å². The fourth-order valence-corrected chi connectivity index (χ4v) is 1.66. The lowest BCUT2D eigenvalue weighted by Gasteiger charge is -2.12. The first kappa shape index (κ1) is 13.5. The maximum atomic E-state index is 11.2. The molecule has 0 bridgehead atoms. The van der Waals surface area contributed by atoms with Crippen molar-refractivity contribution in [3.63, 3.8) is 0 Å². The van der Waals surface area contributed by atoms with Gasteiger partial charge in [0.25, 0.3) is 0 Å². The summed E-state index contributed by atoms with van der Waals surface area (Å²) < 4.78 is 0.847. The van der Waals surface area contributed by atoms with Crippen molar-refractivity contribution in [2.75, 3.05) is 17.7 Å². The third-order valence-corrected chi connectivity index (χ3v) is 3.13. The van der Waals surface area contributed by atoms with E-state index >= 15 is 0 Å². The SMILES string of the molecule is CC(=O)c1ccc(Br)c(NCC(O)CCl)c1. The number of hydrogen-bond donors (Lipinski definition) is 2. The second kappa shape index (κ2) is 6.23. The van der Waals surface area contributed by atoms with E-state index in [9.17, 15) is 9.90 Å². The van der Waals surface area contributed by atoms with E-state index in [1.54, 1.807) is 18.2 Å². The molecule has 0 spiro atoms. The number of alkyl halides is 1. The Morgan fingerprint density at radius 1 is 1.62 bits per heavy atom. The van der Waals surface area contributed by atoms with Gasteiger partial charge in [-0.1, -0.05) is 6.07 Å². The molecule has 16 heavy (non-hydrogen) atoms. The molecule has 88 valence electrons. The second-order valence-corrected chi connectivity index (χ2v) is 4.60. The Morgan fingerprint density at radius 2 is 2.31 bits per heavy atom. The standard InChI is InChI=1S/C11H13BrClNO2/c1-7(15)8-2-3-10(12)11(4-8)14-6-9(16)5-13/h2-4,9,14,16H,5-6H2,1H3. The lowest BCUT2D eigenvalue weighted by molar-refractivity contribution is 0.101. The predicted octanol–water partition coefficient (Wildman–Crippen LogP) is 2.66. The highest BCUT2D eigenvalue weighted by atomic mass is 79.9. The van der Waals surface area contributed by atoms with Crippen molar-refractivity contribution < 1.29 is 9.90 Å². The number of benzene rings is 1. The van der Waals surface area contributed by atoms with Crippen LogP contribution in [0.15, 0.2) is 22.7 Å². The molecular formula is C11H13BrClNO2. The zero-order valence-electron chi connectivity index (χ0n) is 8.84. The average Bonchev–Trinajstić information content (AvgIpc) is 2.27. The zero-order chi connectivity index (χ0) is 12.1. The Balaban J connectivity index is 2.78. The van der Waals surface area contributed by atoms with Crippen molar-refractivity contribution in [2.45, 2.75) is 13.0 Å². The first-order valence-corrected chi connectivity index (χ1v) is 6.15. The summed E-state index contributed by atoms with van der Waals surface area (Å²) in [5, 5.41) is 12.3. The predicted molar refractivity (Wildman–Crippen MR) is 69.4 cm³/mol.